The van der Waals surface area contributed by atoms with Crippen molar-refractivity contribution in [2.24, 2.45) is 0 Å². The van der Waals surface area contributed by atoms with Gasteiger partial charge in [0.2, 0.25) is 11.7 Å². The molecule has 0 radical (unpaired) electrons. The lowest BCUT2D eigenvalue weighted by molar-refractivity contribution is -0.384. The largest absolute Gasteiger partial charge is 0.351 e. The number of nitrogens with zero attached hydrogens (tertiary/aromatic N) is 4. The van der Waals surface area contributed by atoms with Crippen molar-refractivity contribution in [1.29, 1.82) is 0 Å². The van der Waals surface area contributed by atoms with E-state index in [1.807, 2.05) is 9.80 Å². The first-order valence-electron chi connectivity index (χ1n) is 7.80. The number of rotatable bonds is 3. The second-order valence-electron chi connectivity index (χ2n) is 5.87. The van der Waals surface area contributed by atoms with E-state index in [-0.39, 0.29) is 22.6 Å². The van der Waals surface area contributed by atoms with Crippen molar-refractivity contribution < 1.29 is 9.72 Å². The highest BCUT2D eigenvalue weighted by molar-refractivity contribution is 5.77. The number of nitro groups is 1. The Morgan fingerprint density at radius 1 is 1.23 bits per heavy atom. The van der Waals surface area contributed by atoms with Gasteiger partial charge in [0, 0.05) is 44.4 Å². The minimum Gasteiger partial charge on any atom is -0.351 e. The molecule has 22 heavy (non-hydrogen) atoms. The van der Waals surface area contributed by atoms with Gasteiger partial charge < -0.3 is 9.80 Å². The molecule has 2 aliphatic heterocycles. The zero-order valence-corrected chi connectivity index (χ0v) is 12.5. The number of piperidine rings is 2. The van der Waals surface area contributed by atoms with Gasteiger partial charge in [-0.15, -0.1) is 0 Å². The van der Waals surface area contributed by atoms with Crippen molar-refractivity contribution in [1.82, 2.24) is 9.88 Å². The molecule has 118 valence electrons. The maximum absolute atomic E-state index is 12.0. The number of aromatic nitrogens is 1. The summed E-state index contributed by atoms with van der Waals surface area (Å²) in [6.07, 6.45) is 6.01. The maximum Gasteiger partial charge on any atom is 0.311 e. The van der Waals surface area contributed by atoms with Crippen molar-refractivity contribution in [2.45, 2.75) is 38.1 Å². The summed E-state index contributed by atoms with van der Waals surface area (Å²) in [5, 5.41) is 11.1. The number of carbonyl (C=O) groups is 1. The Labute approximate surface area is 129 Å². The highest BCUT2D eigenvalue weighted by Crippen LogP contribution is 2.29. The Morgan fingerprint density at radius 2 is 2.00 bits per heavy atom. The fourth-order valence-electron chi connectivity index (χ4n) is 3.38. The lowest BCUT2D eigenvalue weighted by Gasteiger charge is -2.40. The Morgan fingerprint density at radius 3 is 2.68 bits per heavy atom. The van der Waals surface area contributed by atoms with Crippen LogP contribution in [0.2, 0.25) is 0 Å². The number of amides is 1. The van der Waals surface area contributed by atoms with E-state index in [0.29, 0.717) is 25.3 Å². The van der Waals surface area contributed by atoms with Crippen LogP contribution in [0.4, 0.5) is 11.5 Å². The van der Waals surface area contributed by atoms with Crippen LogP contribution in [0.5, 0.6) is 0 Å². The molecule has 2 aliphatic rings. The molecule has 1 amide bonds. The van der Waals surface area contributed by atoms with Gasteiger partial charge in [-0.05, 0) is 31.7 Å². The predicted octanol–water partition coefficient (Wildman–Crippen LogP) is 1.97. The summed E-state index contributed by atoms with van der Waals surface area (Å²) < 4.78 is 0. The molecule has 0 spiro atoms. The summed E-state index contributed by atoms with van der Waals surface area (Å²) in [4.78, 5) is 30.9. The Bertz CT molecular complexity index is 570. The van der Waals surface area contributed by atoms with E-state index >= 15 is 0 Å². The summed E-state index contributed by atoms with van der Waals surface area (Å²) in [5.74, 6) is 0.699. The molecule has 2 saturated heterocycles. The quantitative estimate of drug-likeness (QED) is 0.630. The molecule has 0 unspecified atom stereocenters. The van der Waals surface area contributed by atoms with Gasteiger partial charge in [-0.3, -0.25) is 14.9 Å². The first-order chi connectivity index (χ1) is 10.7. The Kier molecular flexibility index (Phi) is 4.22. The first-order valence-corrected chi connectivity index (χ1v) is 7.80. The second kappa shape index (κ2) is 6.29. The van der Waals surface area contributed by atoms with Crippen LogP contribution in [-0.2, 0) is 4.79 Å². The maximum atomic E-state index is 12.0. The molecule has 0 N–H and O–H groups in total. The van der Waals surface area contributed by atoms with E-state index in [1.54, 1.807) is 12.3 Å². The fourth-order valence-corrected chi connectivity index (χ4v) is 3.38. The minimum absolute atomic E-state index is 0.0509. The van der Waals surface area contributed by atoms with Crippen LogP contribution in [0.1, 0.15) is 32.1 Å². The van der Waals surface area contributed by atoms with Crippen LogP contribution in [0.3, 0.4) is 0 Å². The zero-order valence-electron chi connectivity index (χ0n) is 12.5. The molecule has 1 aromatic heterocycles. The molecule has 0 aliphatic carbocycles. The van der Waals surface area contributed by atoms with Crippen LogP contribution in [0, 0.1) is 10.1 Å². The van der Waals surface area contributed by atoms with E-state index in [4.69, 9.17) is 0 Å². The average Bonchev–Trinajstić information content (AvgIpc) is 2.55. The van der Waals surface area contributed by atoms with E-state index in [1.165, 1.54) is 6.07 Å². The van der Waals surface area contributed by atoms with Crippen molar-refractivity contribution in [3.8, 4) is 0 Å². The summed E-state index contributed by atoms with van der Waals surface area (Å²) in [6.45, 7) is 2.26. The number of likely N-dealkylation sites (tertiary alicyclic amines) is 1. The van der Waals surface area contributed by atoms with Crippen molar-refractivity contribution in [3.05, 3.63) is 28.4 Å². The smallest absolute Gasteiger partial charge is 0.311 e. The van der Waals surface area contributed by atoms with Crippen molar-refractivity contribution in [2.75, 3.05) is 24.5 Å². The molecular formula is C15H20N4O3. The van der Waals surface area contributed by atoms with Crippen molar-refractivity contribution >= 4 is 17.4 Å². The molecule has 0 bridgehead atoms. The third-order valence-corrected chi connectivity index (χ3v) is 4.53. The number of hydrogen-bond acceptors (Lipinski definition) is 5. The van der Waals surface area contributed by atoms with Crippen molar-refractivity contribution in [3.63, 3.8) is 0 Å². The van der Waals surface area contributed by atoms with Gasteiger partial charge in [-0.2, -0.15) is 0 Å². The highest BCUT2D eigenvalue weighted by Gasteiger charge is 2.31. The standard InChI is InChI=1S/C15H20N4O3/c20-14-5-1-2-9-18(14)12-6-10-17(11-7-12)15-13(19(21)22)4-3-8-16-15/h3-4,8,12H,1-2,5-7,9-11H2. The molecule has 3 heterocycles. The normalized spacial score (nSPS) is 20.3. The fraction of sp³-hybridized carbons (Fsp3) is 0.600. The third-order valence-electron chi connectivity index (χ3n) is 4.53. The lowest BCUT2D eigenvalue weighted by atomic mass is 9.99. The van der Waals surface area contributed by atoms with Gasteiger partial charge in [-0.25, -0.2) is 4.98 Å². The molecule has 0 atom stereocenters. The molecule has 2 fully saturated rings. The Hall–Kier alpha value is -2.18. The summed E-state index contributed by atoms with van der Waals surface area (Å²) >= 11 is 0. The molecule has 3 rings (SSSR count). The number of hydrogen-bond donors (Lipinski definition) is 0. The zero-order chi connectivity index (χ0) is 15.5. The lowest BCUT2D eigenvalue weighted by Crippen LogP contribution is -2.49. The van der Waals surface area contributed by atoms with Crippen LogP contribution in [0.25, 0.3) is 0 Å². The minimum atomic E-state index is -0.386. The van der Waals surface area contributed by atoms with Crippen LogP contribution < -0.4 is 4.90 Å². The van der Waals surface area contributed by atoms with E-state index < -0.39 is 0 Å². The van der Waals surface area contributed by atoms with Crippen LogP contribution >= 0.6 is 0 Å². The second-order valence-corrected chi connectivity index (χ2v) is 5.87. The monoisotopic (exact) mass is 304 g/mol. The Balaban J connectivity index is 1.67. The van der Waals surface area contributed by atoms with Gasteiger partial charge in [0.15, 0.2) is 0 Å². The van der Waals surface area contributed by atoms with E-state index in [2.05, 4.69) is 4.98 Å². The van der Waals surface area contributed by atoms with Crippen LogP contribution in [0.15, 0.2) is 18.3 Å². The number of pyridine rings is 1. The van der Waals surface area contributed by atoms with Gasteiger partial charge in [0.05, 0.1) is 4.92 Å². The number of carbonyl (C=O) groups excluding carboxylic acids is 1. The van der Waals surface area contributed by atoms with E-state index in [9.17, 15) is 14.9 Å². The summed E-state index contributed by atoms with van der Waals surface area (Å²) in [7, 11) is 0. The van der Waals surface area contributed by atoms with Crippen LogP contribution in [-0.4, -0.2) is 46.4 Å². The van der Waals surface area contributed by atoms with Gasteiger partial charge in [0.25, 0.3) is 0 Å². The van der Waals surface area contributed by atoms with Gasteiger partial charge >= 0.3 is 5.69 Å². The highest BCUT2D eigenvalue weighted by atomic mass is 16.6. The van der Waals surface area contributed by atoms with E-state index in [0.717, 1.165) is 32.2 Å². The average molecular weight is 304 g/mol. The number of anilines is 1. The SMILES string of the molecule is O=C1CCCCN1C1CCN(c2ncccc2[N+](=O)[O-])CC1. The molecule has 0 aromatic carbocycles. The first kappa shape index (κ1) is 14.7. The molecular weight excluding hydrogens is 284 g/mol. The third kappa shape index (κ3) is 2.88. The molecule has 7 heteroatoms. The van der Waals surface area contributed by atoms with Gasteiger partial charge in [0.1, 0.15) is 0 Å². The molecule has 1 aromatic rings. The predicted molar refractivity (Wildman–Crippen MR) is 81.7 cm³/mol. The topological polar surface area (TPSA) is 79.6 Å². The van der Waals surface area contributed by atoms with Gasteiger partial charge in [-0.1, -0.05) is 0 Å². The summed E-state index contributed by atoms with van der Waals surface area (Å²) in [5.41, 5.74) is 0.0509. The summed E-state index contributed by atoms with van der Waals surface area (Å²) in [6, 6.07) is 3.34. The molecule has 0 saturated carbocycles. The molecule has 7 nitrogen and oxygen atoms in total.